The molecule has 1 fully saturated rings. The fourth-order valence-electron chi connectivity index (χ4n) is 3.04. The van der Waals surface area contributed by atoms with Crippen molar-refractivity contribution in [3.05, 3.63) is 36.1 Å². The largest absolute Gasteiger partial charge is 0.459 e. The summed E-state index contributed by atoms with van der Waals surface area (Å²) in [6.45, 7) is 1.38. The van der Waals surface area contributed by atoms with Crippen LogP contribution in [0.1, 0.15) is 31.6 Å². The van der Waals surface area contributed by atoms with Crippen LogP contribution in [0.25, 0.3) is 11.0 Å². The Bertz CT molecular complexity index is 884. The van der Waals surface area contributed by atoms with Gasteiger partial charge in [0.05, 0.1) is 17.5 Å². The van der Waals surface area contributed by atoms with Gasteiger partial charge in [0.1, 0.15) is 11.3 Å². The van der Waals surface area contributed by atoms with Crippen molar-refractivity contribution in [1.82, 2.24) is 5.32 Å². The van der Waals surface area contributed by atoms with Gasteiger partial charge in [0.15, 0.2) is 16.4 Å². The Morgan fingerprint density at radius 2 is 2.12 bits per heavy atom. The minimum absolute atomic E-state index is 0.0113. The molecular formula is C18H21NO6S. The molecule has 2 atom stereocenters. The Balaban J connectivity index is 1.45. The predicted octanol–water partition coefficient (Wildman–Crippen LogP) is 1.98. The molecule has 1 aromatic carbocycles. The third-order valence-corrected chi connectivity index (χ3v) is 6.23. The van der Waals surface area contributed by atoms with Gasteiger partial charge in [-0.15, -0.1) is 0 Å². The summed E-state index contributed by atoms with van der Waals surface area (Å²) in [4.78, 5) is 23.7. The number of esters is 1. The zero-order valence-corrected chi connectivity index (χ0v) is 15.3. The number of carbonyl (C=O) groups excluding carboxylic acids is 2. The maximum Gasteiger partial charge on any atom is 0.306 e. The summed E-state index contributed by atoms with van der Waals surface area (Å²) in [6, 6.07) is 9.02. The maximum absolute atomic E-state index is 12.0. The average Bonchev–Trinajstić information content (AvgIpc) is 3.16. The number of sulfone groups is 1. The number of ether oxygens (including phenoxy) is 1. The normalized spacial score (nSPS) is 20.0. The first-order valence-electron chi connectivity index (χ1n) is 8.46. The highest BCUT2D eigenvalue weighted by atomic mass is 32.2. The first kappa shape index (κ1) is 18.4. The summed E-state index contributed by atoms with van der Waals surface area (Å²) in [5, 5.41) is 3.66. The standard InChI is InChI=1S/C18H21NO6S/c1-12(16-9-14-4-2-3-5-15(14)25-16)19-17(20)10-24-18(21)8-13-6-7-26(22,23)11-13/h2-5,9,12-13H,6-8,10-11H2,1H3,(H,19,20)/t12-,13+/m1/s1. The minimum Gasteiger partial charge on any atom is -0.459 e. The molecule has 0 saturated carbocycles. The molecular weight excluding hydrogens is 358 g/mol. The van der Waals surface area contributed by atoms with E-state index in [4.69, 9.17) is 9.15 Å². The molecule has 1 aliphatic heterocycles. The van der Waals surface area contributed by atoms with Gasteiger partial charge in [-0.3, -0.25) is 9.59 Å². The smallest absolute Gasteiger partial charge is 0.306 e. The van der Waals surface area contributed by atoms with Crippen molar-refractivity contribution in [1.29, 1.82) is 0 Å². The molecule has 1 aliphatic rings. The molecule has 140 valence electrons. The third-order valence-electron chi connectivity index (χ3n) is 4.40. The topological polar surface area (TPSA) is 103 Å². The number of benzene rings is 1. The molecule has 0 unspecified atom stereocenters. The van der Waals surface area contributed by atoms with Crippen molar-refractivity contribution in [2.45, 2.75) is 25.8 Å². The molecule has 0 aliphatic carbocycles. The number of para-hydroxylation sites is 1. The van der Waals surface area contributed by atoms with Gasteiger partial charge in [-0.05, 0) is 31.4 Å². The number of hydrogen-bond acceptors (Lipinski definition) is 6. The van der Waals surface area contributed by atoms with E-state index in [1.165, 1.54) is 0 Å². The Kier molecular flexibility index (Phi) is 5.31. The highest BCUT2D eigenvalue weighted by Crippen LogP contribution is 2.24. The van der Waals surface area contributed by atoms with Gasteiger partial charge in [-0.2, -0.15) is 0 Å². The molecule has 7 nitrogen and oxygen atoms in total. The first-order valence-corrected chi connectivity index (χ1v) is 10.3. The number of carbonyl (C=O) groups is 2. The number of amides is 1. The molecule has 0 bridgehead atoms. The lowest BCUT2D eigenvalue weighted by molar-refractivity contribution is -0.149. The lowest BCUT2D eigenvalue weighted by Crippen LogP contribution is -2.31. The van der Waals surface area contributed by atoms with E-state index in [2.05, 4.69) is 5.32 Å². The lowest BCUT2D eigenvalue weighted by Gasteiger charge is -2.12. The molecule has 3 rings (SSSR count). The van der Waals surface area contributed by atoms with Crippen LogP contribution in [0.4, 0.5) is 0 Å². The molecule has 1 amide bonds. The van der Waals surface area contributed by atoms with Crippen molar-refractivity contribution in [3.8, 4) is 0 Å². The summed E-state index contributed by atoms with van der Waals surface area (Å²) >= 11 is 0. The van der Waals surface area contributed by atoms with E-state index in [0.29, 0.717) is 12.2 Å². The van der Waals surface area contributed by atoms with Crippen molar-refractivity contribution < 1.29 is 27.2 Å². The molecule has 1 N–H and O–H groups in total. The van der Waals surface area contributed by atoms with Crippen LogP contribution in [0.5, 0.6) is 0 Å². The van der Waals surface area contributed by atoms with Gasteiger partial charge >= 0.3 is 5.97 Å². The summed E-state index contributed by atoms with van der Waals surface area (Å²) in [7, 11) is -3.03. The SMILES string of the molecule is C[C@@H](NC(=O)COC(=O)C[C@@H]1CCS(=O)(=O)C1)c1cc2ccccc2o1. The van der Waals surface area contributed by atoms with Crippen LogP contribution >= 0.6 is 0 Å². The van der Waals surface area contributed by atoms with Crippen molar-refractivity contribution >= 4 is 32.7 Å². The fraction of sp³-hybridized carbons (Fsp3) is 0.444. The Morgan fingerprint density at radius 1 is 1.35 bits per heavy atom. The number of fused-ring (bicyclic) bond motifs is 1. The second kappa shape index (κ2) is 7.49. The first-order chi connectivity index (χ1) is 12.3. The molecule has 0 spiro atoms. The van der Waals surface area contributed by atoms with Crippen molar-refractivity contribution in [3.63, 3.8) is 0 Å². The van der Waals surface area contributed by atoms with E-state index < -0.39 is 28.3 Å². The fourth-order valence-corrected chi connectivity index (χ4v) is 4.91. The molecule has 2 aromatic rings. The van der Waals surface area contributed by atoms with Gasteiger partial charge < -0.3 is 14.5 Å². The lowest BCUT2D eigenvalue weighted by atomic mass is 10.1. The van der Waals surface area contributed by atoms with Crippen molar-refractivity contribution in [2.24, 2.45) is 5.92 Å². The summed E-state index contributed by atoms with van der Waals surface area (Å²) in [5.41, 5.74) is 0.738. The van der Waals surface area contributed by atoms with Crippen LogP contribution in [0.2, 0.25) is 0 Å². The van der Waals surface area contributed by atoms with E-state index >= 15 is 0 Å². The molecule has 1 saturated heterocycles. The number of furan rings is 1. The second-order valence-electron chi connectivity index (χ2n) is 6.61. The average molecular weight is 379 g/mol. The third kappa shape index (κ3) is 4.63. The predicted molar refractivity (Wildman–Crippen MR) is 95.1 cm³/mol. The van der Waals surface area contributed by atoms with Crippen LogP contribution in [-0.4, -0.2) is 38.4 Å². The zero-order valence-electron chi connectivity index (χ0n) is 14.4. The summed E-state index contributed by atoms with van der Waals surface area (Å²) < 4.78 is 33.4. The molecule has 2 heterocycles. The molecule has 8 heteroatoms. The van der Waals surface area contributed by atoms with E-state index in [1.807, 2.05) is 30.3 Å². The van der Waals surface area contributed by atoms with Crippen LogP contribution in [-0.2, 0) is 24.2 Å². The van der Waals surface area contributed by atoms with Crippen LogP contribution < -0.4 is 5.32 Å². The van der Waals surface area contributed by atoms with Gasteiger partial charge in [-0.1, -0.05) is 18.2 Å². The van der Waals surface area contributed by atoms with E-state index in [0.717, 1.165) is 11.0 Å². The Morgan fingerprint density at radius 3 is 2.81 bits per heavy atom. The highest BCUT2D eigenvalue weighted by molar-refractivity contribution is 7.91. The maximum atomic E-state index is 12.0. The minimum atomic E-state index is -3.03. The number of nitrogens with one attached hydrogen (secondary N) is 1. The molecule has 1 aromatic heterocycles. The van der Waals surface area contributed by atoms with Crippen molar-refractivity contribution in [2.75, 3.05) is 18.1 Å². The van der Waals surface area contributed by atoms with E-state index in [1.54, 1.807) is 6.92 Å². The number of hydrogen-bond donors (Lipinski definition) is 1. The monoisotopic (exact) mass is 379 g/mol. The van der Waals surface area contributed by atoms with Crippen LogP contribution in [0, 0.1) is 5.92 Å². The van der Waals surface area contributed by atoms with Crippen LogP contribution in [0.15, 0.2) is 34.7 Å². The Labute approximate surface area is 151 Å². The van der Waals surface area contributed by atoms with Crippen LogP contribution in [0.3, 0.4) is 0 Å². The van der Waals surface area contributed by atoms with Gasteiger partial charge in [-0.25, -0.2) is 8.42 Å². The quantitative estimate of drug-likeness (QED) is 0.770. The van der Waals surface area contributed by atoms with Gasteiger partial charge in [0.25, 0.3) is 5.91 Å². The van der Waals surface area contributed by atoms with Gasteiger partial charge in [0, 0.05) is 11.8 Å². The Hall–Kier alpha value is -2.35. The number of rotatable bonds is 6. The zero-order chi connectivity index (χ0) is 18.7. The molecule has 26 heavy (non-hydrogen) atoms. The van der Waals surface area contributed by atoms with Gasteiger partial charge in [0.2, 0.25) is 0 Å². The summed E-state index contributed by atoms with van der Waals surface area (Å²) in [6.07, 6.45) is 0.484. The summed E-state index contributed by atoms with van der Waals surface area (Å²) in [5.74, 6) is -0.478. The van der Waals surface area contributed by atoms with E-state index in [-0.39, 0.29) is 29.9 Å². The highest BCUT2D eigenvalue weighted by Gasteiger charge is 2.30. The molecule has 0 radical (unpaired) electrons. The second-order valence-corrected chi connectivity index (χ2v) is 8.84. The van der Waals surface area contributed by atoms with E-state index in [9.17, 15) is 18.0 Å².